The van der Waals surface area contributed by atoms with Gasteiger partial charge in [0.15, 0.2) is 12.4 Å². The number of halogens is 2. The number of carbonyl (C=O) groups excluding carboxylic acids is 1. The third kappa shape index (κ3) is 5.97. The Kier molecular flexibility index (Phi) is 8.61. The number of aryl methyl sites for hydroxylation is 2. The molecule has 0 radical (unpaired) electrons. The van der Waals surface area contributed by atoms with Crippen molar-refractivity contribution in [3.05, 3.63) is 51.8 Å². The van der Waals surface area contributed by atoms with Gasteiger partial charge in [0, 0.05) is 32.3 Å². The minimum absolute atomic E-state index is 0.00306. The topological polar surface area (TPSA) is 65.7 Å². The number of aliphatic imine (C=N–C) groups is 1. The normalized spacial score (nSPS) is 13.8. The van der Waals surface area contributed by atoms with Crippen molar-refractivity contribution in [1.29, 1.82) is 0 Å². The smallest absolute Gasteiger partial charge is 0.340 e. The summed E-state index contributed by atoms with van der Waals surface area (Å²) in [6.07, 6.45) is 0.600. The van der Waals surface area contributed by atoms with Crippen molar-refractivity contribution < 1.29 is 18.7 Å². The number of rotatable bonds is 8. The summed E-state index contributed by atoms with van der Waals surface area (Å²) in [5, 5.41) is 4.89. The lowest BCUT2D eigenvalue weighted by Crippen LogP contribution is -2.20. The van der Waals surface area contributed by atoms with Gasteiger partial charge in [0.2, 0.25) is 6.29 Å². The average Bonchev–Trinajstić information content (AvgIpc) is 3.03. The van der Waals surface area contributed by atoms with Crippen molar-refractivity contribution in [3.63, 3.8) is 0 Å². The predicted octanol–water partition coefficient (Wildman–Crippen LogP) is 5.61. The molecule has 2 rings (SSSR count). The van der Waals surface area contributed by atoms with E-state index in [-0.39, 0.29) is 5.41 Å². The number of allylic oxidation sites excluding steroid dienone is 1. The van der Waals surface area contributed by atoms with E-state index in [0.29, 0.717) is 34.3 Å². The Bertz CT molecular complexity index is 1000. The highest BCUT2D eigenvalue weighted by Crippen LogP contribution is 2.35. The van der Waals surface area contributed by atoms with Crippen molar-refractivity contribution >= 4 is 35.1 Å². The molecule has 0 amide bonds. The van der Waals surface area contributed by atoms with Crippen LogP contribution in [0.2, 0.25) is 5.02 Å². The van der Waals surface area contributed by atoms with E-state index in [1.165, 1.54) is 12.5 Å². The summed E-state index contributed by atoms with van der Waals surface area (Å²) >= 11 is 6.61. The Hall–Kier alpha value is -2.67. The monoisotopic (exact) mass is 463 g/mol. The molecule has 0 saturated heterocycles. The summed E-state index contributed by atoms with van der Waals surface area (Å²) in [5.41, 5.74) is 3.80. The number of alkyl halides is 1. The fraction of sp³-hybridized carbons (Fsp3) is 0.458. The van der Waals surface area contributed by atoms with Gasteiger partial charge in [-0.15, -0.1) is 0 Å². The highest BCUT2D eigenvalue weighted by molar-refractivity contribution is 6.33. The van der Waals surface area contributed by atoms with E-state index in [1.54, 1.807) is 24.9 Å². The van der Waals surface area contributed by atoms with Crippen LogP contribution in [0.1, 0.15) is 57.1 Å². The molecule has 32 heavy (non-hydrogen) atoms. The number of nitrogens with zero attached hydrogens (tertiary/aromatic N) is 3. The molecular formula is C24H31ClFN3O3. The first kappa shape index (κ1) is 25.6. The Labute approximate surface area is 194 Å². The van der Waals surface area contributed by atoms with Gasteiger partial charge in [0.25, 0.3) is 0 Å². The minimum atomic E-state index is -1.24. The maximum Gasteiger partial charge on any atom is 0.340 e. The van der Waals surface area contributed by atoms with Gasteiger partial charge in [0.05, 0.1) is 10.7 Å². The zero-order valence-corrected chi connectivity index (χ0v) is 20.5. The van der Waals surface area contributed by atoms with E-state index in [1.807, 2.05) is 31.2 Å². The molecule has 0 N–H and O–H groups in total. The number of carbonyl (C=O) groups is 1. The van der Waals surface area contributed by atoms with E-state index >= 15 is 0 Å². The molecule has 0 aliphatic heterocycles. The summed E-state index contributed by atoms with van der Waals surface area (Å²) < 4.78 is 25.4. The highest BCUT2D eigenvalue weighted by atomic mass is 35.5. The standard InChI is InChI=1S/C24H31ClFN3O3/c1-8-29-22(21(25)15(2)28-29)23(32-16(3)31-20(30)13-26)19(14-27-7)17-9-11-18(12-10-17)24(4,5)6/h9-12,14,16H,8,13H2,1-7H3/b23-19-,27-14-. The first-order chi connectivity index (χ1) is 15.0. The molecule has 6 nitrogen and oxygen atoms in total. The van der Waals surface area contributed by atoms with Crippen LogP contribution in [-0.2, 0) is 26.2 Å². The molecule has 1 aromatic carbocycles. The van der Waals surface area contributed by atoms with Gasteiger partial charge in [-0.25, -0.2) is 9.18 Å². The second kappa shape index (κ2) is 10.8. The van der Waals surface area contributed by atoms with Crippen LogP contribution >= 0.6 is 11.6 Å². The summed E-state index contributed by atoms with van der Waals surface area (Å²) in [6, 6.07) is 8.05. The van der Waals surface area contributed by atoms with E-state index in [4.69, 9.17) is 21.1 Å². The lowest BCUT2D eigenvalue weighted by molar-refractivity contribution is -0.165. The van der Waals surface area contributed by atoms with E-state index in [9.17, 15) is 9.18 Å². The van der Waals surface area contributed by atoms with Crippen molar-refractivity contribution in [2.45, 2.75) is 59.8 Å². The van der Waals surface area contributed by atoms with Crippen LogP contribution in [0.5, 0.6) is 0 Å². The lowest BCUT2D eigenvalue weighted by atomic mass is 9.86. The Morgan fingerprint density at radius 2 is 1.91 bits per heavy atom. The second-order valence-electron chi connectivity index (χ2n) is 8.33. The molecular weight excluding hydrogens is 433 g/mol. The van der Waals surface area contributed by atoms with Gasteiger partial charge in [-0.05, 0) is 30.4 Å². The zero-order chi connectivity index (χ0) is 24.1. The highest BCUT2D eigenvalue weighted by Gasteiger charge is 2.25. The quantitative estimate of drug-likeness (QED) is 0.221. The third-order valence-corrected chi connectivity index (χ3v) is 5.28. The van der Waals surface area contributed by atoms with Gasteiger partial charge in [-0.1, -0.05) is 56.6 Å². The minimum Gasteiger partial charge on any atom is -0.452 e. The molecule has 1 aromatic heterocycles. The molecule has 1 unspecified atom stereocenters. The molecule has 0 saturated carbocycles. The van der Waals surface area contributed by atoms with Crippen molar-refractivity contribution in [1.82, 2.24) is 9.78 Å². The fourth-order valence-corrected chi connectivity index (χ4v) is 3.42. The van der Waals surface area contributed by atoms with Crippen LogP contribution in [-0.4, -0.2) is 42.0 Å². The van der Waals surface area contributed by atoms with Crippen LogP contribution in [0.25, 0.3) is 11.3 Å². The number of benzene rings is 1. The van der Waals surface area contributed by atoms with Gasteiger partial charge < -0.3 is 9.47 Å². The number of ether oxygens (including phenoxy) is 2. The molecule has 174 valence electrons. The molecule has 0 fully saturated rings. The van der Waals surface area contributed by atoms with E-state index < -0.39 is 18.9 Å². The molecule has 0 aliphatic rings. The molecule has 8 heteroatoms. The first-order valence-corrected chi connectivity index (χ1v) is 10.8. The molecule has 1 heterocycles. The molecule has 2 aromatic rings. The number of aromatic nitrogens is 2. The van der Waals surface area contributed by atoms with Gasteiger partial charge in [-0.3, -0.25) is 9.67 Å². The molecule has 0 bridgehead atoms. The number of esters is 1. The van der Waals surface area contributed by atoms with Gasteiger partial charge >= 0.3 is 5.97 Å². The average molecular weight is 464 g/mol. The summed E-state index contributed by atoms with van der Waals surface area (Å²) in [7, 11) is 1.65. The van der Waals surface area contributed by atoms with Crippen LogP contribution < -0.4 is 0 Å². The summed E-state index contributed by atoms with van der Waals surface area (Å²) in [5.74, 6) is -0.672. The zero-order valence-electron chi connectivity index (χ0n) is 19.7. The van der Waals surface area contributed by atoms with Crippen LogP contribution in [0, 0.1) is 6.92 Å². The molecule has 0 spiro atoms. The fourth-order valence-electron chi connectivity index (χ4n) is 3.20. The maximum atomic E-state index is 12.7. The summed E-state index contributed by atoms with van der Waals surface area (Å²) in [6.45, 7) is 11.0. The SMILES string of the molecule is CCn1nc(C)c(Cl)c1/C(OC(C)OC(=O)CF)=C(\C=N/C)c1ccc(C(C)(C)C)cc1. The summed E-state index contributed by atoms with van der Waals surface area (Å²) in [4.78, 5) is 15.7. The van der Waals surface area contributed by atoms with Crippen molar-refractivity contribution in [3.8, 4) is 0 Å². The number of hydrogen-bond acceptors (Lipinski definition) is 5. The lowest BCUT2D eigenvalue weighted by Gasteiger charge is -2.22. The Balaban J connectivity index is 2.73. The maximum absolute atomic E-state index is 12.7. The van der Waals surface area contributed by atoms with Crippen LogP contribution in [0.15, 0.2) is 29.3 Å². The Morgan fingerprint density at radius 1 is 1.28 bits per heavy atom. The molecule has 0 aliphatic carbocycles. The Morgan fingerprint density at radius 3 is 2.41 bits per heavy atom. The van der Waals surface area contributed by atoms with Crippen LogP contribution in [0.3, 0.4) is 0 Å². The molecule has 1 atom stereocenters. The third-order valence-electron chi connectivity index (χ3n) is 4.82. The largest absolute Gasteiger partial charge is 0.452 e. The van der Waals surface area contributed by atoms with Crippen molar-refractivity contribution in [2.75, 3.05) is 13.7 Å². The number of hydrogen-bond donors (Lipinski definition) is 0. The van der Waals surface area contributed by atoms with Crippen molar-refractivity contribution in [2.24, 2.45) is 4.99 Å². The second-order valence-corrected chi connectivity index (χ2v) is 8.71. The van der Waals surface area contributed by atoms with E-state index in [2.05, 4.69) is 30.9 Å². The van der Waals surface area contributed by atoms with E-state index in [0.717, 1.165) is 5.56 Å². The predicted molar refractivity (Wildman–Crippen MR) is 127 cm³/mol. The van der Waals surface area contributed by atoms with Gasteiger partial charge in [0.1, 0.15) is 5.69 Å². The first-order valence-electron chi connectivity index (χ1n) is 10.5. The van der Waals surface area contributed by atoms with Crippen LogP contribution in [0.4, 0.5) is 4.39 Å². The van der Waals surface area contributed by atoms with Gasteiger partial charge in [-0.2, -0.15) is 5.10 Å².